The Kier molecular flexibility index (Phi) is 5.56. The van der Waals surface area contributed by atoms with E-state index in [1.165, 1.54) is 0 Å². The summed E-state index contributed by atoms with van der Waals surface area (Å²) in [7, 11) is 0. The summed E-state index contributed by atoms with van der Waals surface area (Å²) < 4.78 is 12.1. The molecule has 40 heavy (non-hydrogen) atoms. The molecule has 0 unspecified atom stereocenters. The summed E-state index contributed by atoms with van der Waals surface area (Å²) in [6, 6.07) is 24.8. The van der Waals surface area contributed by atoms with E-state index < -0.39 is 0 Å². The molecule has 0 radical (unpaired) electrons. The first-order valence-electron chi connectivity index (χ1n) is 13.2. The number of hydrogen-bond acceptors (Lipinski definition) is 6. The van der Waals surface area contributed by atoms with Crippen LogP contribution in [0.5, 0.6) is 34.5 Å². The molecule has 6 aromatic carbocycles. The Morgan fingerprint density at radius 2 is 0.750 bits per heavy atom. The van der Waals surface area contributed by atoms with E-state index in [1.54, 1.807) is 36.4 Å². The topological polar surface area (TPSA) is 99.4 Å². The standard InChI is InChI=1S/C34H26O6/c35-27-11-5-19-3-7-21-17-25(19)33(27)31-23-9-14-30(38)32(24(23)10-13-29(31)37)34-26-18-22(40-16-2-1-15-39-21)8-4-20(26)6-12-28(34)36/h3-14,17-18,35-38H,1-2,15-16H2. The Bertz CT molecular complexity index is 1820. The number of phenols is 4. The average molecular weight is 531 g/mol. The molecule has 4 N–H and O–H groups in total. The van der Waals surface area contributed by atoms with Crippen molar-refractivity contribution in [3.05, 3.63) is 84.9 Å². The summed E-state index contributed by atoms with van der Waals surface area (Å²) in [6.45, 7) is 1.00. The van der Waals surface area contributed by atoms with Crippen molar-refractivity contribution in [3.63, 3.8) is 0 Å². The normalized spacial score (nSPS) is 13.4. The minimum atomic E-state index is -0.0227. The predicted molar refractivity (Wildman–Crippen MR) is 157 cm³/mol. The van der Waals surface area contributed by atoms with E-state index in [0.29, 0.717) is 57.7 Å². The minimum Gasteiger partial charge on any atom is -0.507 e. The molecular formula is C34H26O6. The van der Waals surface area contributed by atoms with Crippen LogP contribution in [0.2, 0.25) is 0 Å². The molecule has 0 saturated heterocycles. The zero-order valence-electron chi connectivity index (χ0n) is 21.5. The molecule has 6 aromatic rings. The van der Waals surface area contributed by atoms with Crippen LogP contribution >= 0.6 is 0 Å². The third-order valence-electron chi connectivity index (χ3n) is 7.67. The number of aromatic hydroxyl groups is 4. The summed E-state index contributed by atoms with van der Waals surface area (Å²) in [6.07, 6.45) is 1.56. The van der Waals surface area contributed by atoms with Crippen molar-refractivity contribution in [2.75, 3.05) is 13.2 Å². The van der Waals surface area contributed by atoms with Gasteiger partial charge in [0.1, 0.15) is 34.5 Å². The number of benzene rings is 6. The Balaban J connectivity index is 1.62. The third kappa shape index (κ3) is 3.80. The van der Waals surface area contributed by atoms with E-state index >= 15 is 0 Å². The molecule has 1 aliphatic rings. The zero-order valence-corrected chi connectivity index (χ0v) is 21.5. The molecule has 6 heteroatoms. The van der Waals surface area contributed by atoms with Crippen molar-refractivity contribution in [3.8, 4) is 56.8 Å². The van der Waals surface area contributed by atoms with Crippen molar-refractivity contribution in [1.82, 2.24) is 0 Å². The average Bonchev–Trinajstić information content (AvgIpc) is 2.95. The zero-order chi connectivity index (χ0) is 27.4. The van der Waals surface area contributed by atoms with Gasteiger partial charge in [0.25, 0.3) is 0 Å². The van der Waals surface area contributed by atoms with E-state index in [1.807, 2.05) is 48.5 Å². The maximum atomic E-state index is 11.2. The second-order valence-corrected chi connectivity index (χ2v) is 10.1. The minimum absolute atomic E-state index is 0.00581. The monoisotopic (exact) mass is 530 g/mol. The van der Waals surface area contributed by atoms with Crippen LogP contribution < -0.4 is 9.47 Å². The number of fused-ring (bicyclic) bond motifs is 4. The van der Waals surface area contributed by atoms with Gasteiger partial charge in [-0.15, -0.1) is 0 Å². The first-order valence-corrected chi connectivity index (χ1v) is 13.2. The fourth-order valence-electron chi connectivity index (χ4n) is 5.77. The molecular weight excluding hydrogens is 504 g/mol. The number of phenolic OH excluding ortho intramolecular Hbond substituents is 4. The molecule has 0 atom stereocenters. The predicted octanol–water partition coefficient (Wildman–Crippen LogP) is 7.85. The molecule has 0 saturated carbocycles. The highest BCUT2D eigenvalue weighted by Gasteiger charge is 2.22. The van der Waals surface area contributed by atoms with Crippen LogP contribution in [0, 0.1) is 0 Å². The maximum absolute atomic E-state index is 11.2. The largest absolute Gasteiger partial charge is 0.507 e. The lowest BCUT2D eigenvalue weighted by Gasteiger charge is -2.19. The Hall–Kier alpha value is -5.10. The molecule has 0 spiro atoms. The molecule has 8 bridgehead atoms. The van der Waals surface area contributed by atoms with Gasteiger partial charge in [-0.05, 0) is 106 Å². The molecule has 198 valence electrons. The van der Waals surface area contributed by atoms with Crippen LogP contribution in [0.4, 0.5) is 0 Å². The Morgan fingerprint density at radius 3 is 1.18 bits per heavy atom. The first-order chi connectivity index (χ1) is 19.5. The van der Waals surface area contributed by atoms with Gasteiger partial charge in [0.2, 0.25) is 0 Å². The maximum Gasteiger partial charge on any atom is 0.124 e. The Labute approximate surface area is 229 Å². The van der Waals surface area contributed by atoms with Gasteiger partial charge in [-0.25, -0.2) is 0 Å². The second kappa shape index (κ2) is 9.27. The summed E-state index contributed by atoms with van der Waals surface area (Å²) >= 11 is 0. The molecule has 6 nitrogen and oxygen atoms in total. The molecule has 0 amide bonds. The fraction of sp³-hybridized carbons (Fsp3) is 0.118. The summed E-state index contributed by atoms with van der Waals surface area (Å²) in [4.78, 5) is 0. The lowest BCUT2D eigenvalue weighted by atomic mass is 9.87. The van der Waals surface area contributed by atoms with Crippen LogP contribution in [-0.2, 0) is 0 Å². The van der Waals surface area contributed by atoms with Crippen molar-refractivity contribution >= 4 is 32.3 Å². The lowest BCUT2D eigenvalue weighted by molar-refractivity contribution is 0.267. The number of rotatable bonds is 0. The van der Waals surface area contributed by atoms with Gasteiger partial charge in [0, 0.05) is 22.3 Å². The SMILES string of the molecule is Oc1ccc2ccc3cc2c1-c1c(O)ccc2c(c(O)ccc12)-c1c(O)ccc2ccc(cc12)OCCCCO3. The Morgan fingerprint density at radius 1 is 0.400 bits per heavy atom. The van der Waals surface area contributed by atoms with Gasteiger partial charge in [0.05, 0.1) is 13.2 Å². The molecule has 0 aromatic heterocycles. The van der Waals surface area contributed by atoms with Gasteiger partial charge < -0.3 is 29.9 Å². The van der Waals surface area contributed by atoms with E-state index in [9.17, 15) is 20.4 Å². The van der Waals surface area contributed by atoms with Crippen LogP contribution in [-0.4, -0.2) is 33.6 Å². The van der Waals surface area contributed by atoms with E-state index in [2.05, 4.69) is 0 Å². The van der Waals surface area contributed by atoms with Crippen molar-refractivity contribution in [1.29, 1.82) is 0 Å². The van der Waals surface area contributed by atoms with Crippen LogP contribution in [0.25, 0.3) is 54.6 Å². The highest BCUT2D eigenvalue weighted by atomic mass is 16.5. The molecule has 1 aliphatic heterocycles. The van der Waals surface area contributed by atoms with Crippen molar-refractivity contribution < 1.29 is 29.9 Å². The van der Waals surface area contributed by atoms with Gasteiger partial charge >= 0.3 is 0 Å². The van der Waals surface area contributed by atoms with Crippen molar-refractivity contribution in [2.45, 2.75) is 12.8 Å². The second-order valence-electron chi connectivity index (χ2n) is 10.1. The fourth-order valence-corrected chi connectivity index (χ4v) is 5.77. The van der Waals surface area contributed by atoms with Crippen LogP contribution in [0.3, 0.4) is 0 Å². The molecule has 1 heterocycles. The van der Waals surface area contributed by atoms with Crippen molar-refractivity contribution in [2.24, 2.45) is 0 Å². The van der Waals surface area contributed by atoms with Gasteiger partial charge in [-0.2, -0.15) is 0 Å². The van der Waals surface area contributed by atoms with Gasteiger partial charge in [-0.1, -0.05) is 24.3 Å². The molecule has 7 rings (SSSR count). The molecule has 0 aliphatic carbocycles. The first kappa shape index (κ1) is 24.0. The summed E-state index contributed by atoms with van der Waals surface area (Å²) in [5, 5.41) is 49.1. The summed E-state index contributed by atoms with van der Waals surface area (Å²) in [5.41, 5.74) is 1.76. The van der Waals surface area contributed by atoms with E-state index in [4.69, 9.17) is 9.47 Å². The highest BCUT2D eigenvalue weighted by molar-refractivity contribution is 6.16. The van der Waals surface area contributed by atoms with Crippen LogP contribution in [0.15, 0.2) is 84.9 Å². The van der Waals surface area contributed by atoms with E-state index in [-0.39, 0.29) is 23.0 Å². The number of hydrogen-bond donors (Lipinski definition) is 4. The third-order valence-corrected chi connectivity index (χ3v) is 7.67. The lowest BCUT2D eigenvalue weighted by Crippen LogP contribution is -2.03. The van der Waals surface area contributed by atoms with Crippen LogP contribution in [0.1, 0.15) is 12.8 Å². The molecule has 0 fully saturated rings. The summed E-state index contributed by atoms with van der Waals surface area (Å²) in [5.74, 6) is 1.28. The van der Waals surface area contributed by atoms with Gasteiger partial charge in [-0.3, -0.25) is 0 Å². The quantitative estimate of drug-likeness (QED) is 0.160. The number of ether oxygens (including phenoxy) is 2. The van der Waals surface area contributed by atoms with Gasteiger partial charge in [0.15, 0.2) is 0 Å². The highest BCUT2D eigenvalue weighted by Crippen LogP contribution is 2.50. The smallest absolute Gasteiger partial charge is 0.124 e. The van der Waals surface area contributed by atoms with E-state index in [0.717, 1.165) is 34.4 Å².